The number of anilines is 1. The Bertz CT molecular complexity index is 1000. The summed E-state index contributed by atoms with van der Waals surface area (Å²) in [7, 11) is 0. The van der Waals surface area contributed by atoms with Gasteiger partial charge in [-0.15, -0.1) is 5.10 Å². The van der Waals surface area contributed by atoms with E-state index >= 15 is 0 Å². The normalized spacial score (nSPS) is 14.7. The number of pyridine rings is 1. The van der Waals surface area contributed by atoms with Crippen LogP contribution in [-0.2, 0) is 6.54 Å². The molecule has 1 amide bonds. The van der Waals surface area contributed by atoms with Crippen LogP contribution in [0.4, 0.5) is 5.82 Å². The number of benzene rings is 1. The third-order valence-electron chi connectivity index (χ3n) is 5.76. The predicted octanol–water partition coefficient (Wildman–Crippen LogP) is 3.45. The summed E-state index contributed by atoms with van der Waals surface area (Å²) in [5.41, 5.74) is 4.06. The fourth-order valence-corrected chi connectivity index (χ4v) is 3.68. The summed E-state index contributed by atoms with van der Waals surface area (Å²) >= 11 is 0. The number of aryl methyl sites for hydroxylation is 1. The van der Waals surface area contributed by atoms with Crippen molar-refractivity contribution in [3.8, 4) is 5.69 Å². The van der Waals surface area contributed by atoms with Crippen LogP contribution in [0, 0.1) is 19.8 Å². The van der Waals surface area contributed by atoms with E-state index in [9.17, 15) is 4.79 Å². The second-order valence-electron chi connectivity index (χ2n) is 8.15. The average molecular weight is 405 g/mol. The molecule has 4 rings (SSSR count). The highest BCUT2D eigenvalue weighted by atomic mass is 16.2. The lowest BCUT2D eigenvalue weighted by atomic mass is 9.99. The molecule has 30 heavy (non-hydrogen) atoms. The summed E-state index contributed by atoms with van der Waals surface area (Å²) < 4.78 is 1.68. The van der Waals surface area contributed by atoms with Gasteiger partial charge in [0.05, 0.1) is 11.4 Å². The van der Waals surface area contributed by atoms with E-state index in [2.05, 4.69) is 32.4 Å². The summed E-state index contributed by atoms with van der Waals surface area (Å²) in [5.74, 6) is 1.57. The molecule has 3 aromatic rings. The number of piperidine rings is 1. The number of hydrogen-bond acceptors (Lipinski definition) is 5. The molecule has 0 unspecified atom stereocenters. The molecule has 156 valence electrons. The predicted molar refractivity (Wildman–Crippen MR) is 117 cm³/mol. The SMILES string of the molecule is Cc1ccc(-n2nnc(C(=O)NCc3ccc(N4CCC(C)CC4)nc3)c2C)cc1. The van der Waals surface area contributed by atoms with Gasteiger partial charge in [0.15, 0.2) is 5.69 Å². The Hall–Kier alpha value is -3.22. The number of rotatable bonds is 5. The summed E-state index contributed by atoms with van der Waals surface area (Å²) in [4.78, 5) is 19.5. The lowest BCUT2D eigenvalue weighted by Gasteiger charge is -2.31. The lowest BCUT2D eigenvalue weighted by Crippen LogP contribution is -2.33. The molecule has 3 heterocycles. The summed E-state index contributed by atoms with van der Waals surface area (Å²) in [6, 6.07) is 12.0. The van der Waals surface area contributed by atoms with Gasteiger partial charge in [-0.1, -0.05) is 35.9 Å². The highest BCUT2D eigenvalue weighted by molar-refractivity contribution is 5.93. The van der Waals surface area contributed by atoms with Gasteiger partial charge in [0.2, 0.25) is 0 Å². The van der Waals surface area contributed by atoms with Gasteiger partial charge < -0.3 is 10.2 Å². The van der Waals surface area contributed by atoms with Crippen LogP contribution in [0.3, 0.4) is 0 Å². The second kappa shape index (κ2) is 8.65. The van der Waals surface area contributed by atoms with E-state index < -0.39 is 0 Å². The van der Waals surface area contributed by atoms with Crippen molar-refractivity contribution in [3.63, 3.8) is 0 Å². The van der Waals surface area contributed by atoms with Gasteiger partial charge in [0.25, 0.3) is 5.91 Å². The summed E-state index contributed by atoms with van der Waals surface area (Å²) in [5, 5.41) is 11.2. The zero-order chi connectivity index (χ0) is 21.1. The van der Waals surface area contributed by atoms with Crippen molar-refractivity contribution in [2.24, 2.45) is 5.92 Å². The molecular formula is C23H28N6O. The minimum Gasteiger partial charge on any atom is -0.357 e. The van der Waals surface area contributed by atoms with Crippen LogP contribution in [0.15, 0.2) is 42.6 Å². The third-order valence-corrected chi connectivity index (χ3v) is 5.76. The topological polar surface area (TPSA) is 75.9 Å². The quantitative estimate of drug-likeness (QED) is 0.705. The number of nitrogens with one attached hydrogen (secondary N) is 1. The first-order chi connectivity index (χ1) is 14.5. The molecule has 1 saturated heterocycles. The Kier molecular flexibility index (Phi) is 5.79. The Morgan fingerprint density at radius 1 is 1.10 bits per heavy atom. The largest absolute Gasteiger partial charge is 0.357 e. The maximum atomic E-state index is 12.6. The van der Waals surface area contributed by atoms with E-state index in [1.807, 2.05) is 56.4 Å². The first-order valence-corrected chi connectivity index (χ1v) is 10.5. The molecule has 2 aromatic heterocycles. The van der Waals surface area contributed by atoms with Gasteiger partial charge in [-0.05, 0) is 56.4 Å². The summed E-state index contributed by atoms with van der Waals surface area (Å²) in [6.45, 7) is 8.70. The molecule has 0 aliphatic carbocycles. The van der Waals surface area contributed by atoms with Crippen molar-refractivity contribution in [2.75, 3.05) is 18.0 Å². The van der Waals surface area contributed by atoms with E-state index in [1.165, 1.54) is 18.4 Å². The molecule has 0 saturated carbocycles. The van der Waals surface area contributed by atoms with Crippen LogP contribution in [0.25, 0.3) is 5.69 Å². The molecule has 7 heteroatoms. The molecule has 1 aliphatic rings. The van der Waals surface area contributed by atoms with Crippen molar-refractivity contribution >= 4 is 11.7 Å². The molecule has 0 spiro atoms. The van der Waals surface area contributed by atoms with Gasteiger partial charge in [-0.3, -0.25) is 4.79 Å². The number of carbonyl (C=O) groups excluding carboxylic acids is 1. The van der Waals surface area contributed by atoms with E-state index in [-0.39, 0.29) is 5.91 Å². The second-order valence-corrected chi connectivity index (χ2v) is 8.15. The van der Waals surface area contributed by atoms with Crippen molar-refractivity contribution in [2.45, 2.75) is 40.2 Å². The van der Waals surface area contributed by atoms with Crippen LogP contribution in [-0.4, -0.2) is 39.0 Å². The smallest absolute Gasteiger partial charge is 0.274 e. The van der Waals surface area contributed by atoms with Gasteiger partial charge in [0.1, 0.15) is 5.82 Å². The van der Waals surface area contributed by atoms with Crippen molar-refractivity contribution in [1.29, 1.82) is 0 Å². The van der Waals surface area contributed by atoms with Crippen LogP contribution in [0.5, 0.6) is 0 Å². The van der Waals surface area contributed by atoms with E-state index in [0.29, 0.717) is 17.9 Å². The highest BCUT2D eigenvalue weighted by Gasteiger charge is 2.18. The maximum absolute atomic E-state index is 12.6. The number of amides is 1. The number of nitrogens with zero attached hydrogens (tertiary/aromatic N) is 5. The zero-order valence-corrected chi connectivity index (χ0v) is 17.8. The Morgan fingerprint density at radius 2 is 1.83 bits per heavy atom. The minimum absolute atomic E-state index is 0.236. The molecule has 0 bridgehead atoms. The van der Waals surface area contributed by atoms with Crippen LogP contribution in [0.2, 0.25) is 0 Å². The van der Waals surface area contributed by atoms with Crippen molar-refractivity contribution in [1.82, 2.24) is 25.3 Å². The lowest BCUT2D eigenvalue weighted by molar-refractivity contribution is 0.0945. The van der Waals surface area contributed by atoms with Gasteiger partial charge in [0, 0.05) is 25.8 Å². The average Bonchev–Trinajstić information content (AvgIpc) is 3.15. The Labute approximate surface area is 177 Å². The van der Waals surface area contributed by atoms with Crippen LogP contribution in [0.1, 0.15) is 47.1 Å². The maximum Gasteiger partial charge on any atom is 0.274 e. The summed E-state index contributed by atoms with van der Waals surface area (Å²) in [6.07, 6.45) is 4.26. The first kappa shape index (κ1) is 20.1. The standard InChI is InChI=1S/C23H28N6O/c1-16-4-7-20(8-5-16)29-18(3)22(26-27-29)23(30)25-15-19-6-9-21(24-14-19)28-12-10-17(2)11-13-28/h4-9,14,17H,10-13,15H2,1-3H3,(H,25,30). The molecule has 0 atom stereocenters. The fourth-order valence-electron chi connectivity index (χ4n) is 3.68. The molecular weight excluding hydrogens is 376 g/mol. The van der Waals surface area contributed by atoms with Gasteiger partial charge >= 0.3 is 0 Å². The first-order valence-electron chi connectivity index (χ1n) is 10.5. The van der Waals surface area contributed by atoms with Crippen LogP contribution >= 0.6 is 0 Å². The van der Waals surface area contributed by atoms with Gasteiger partial charge in [-0.2, -0.15) is 0 Å². The molecule has 1 aliphatic heterocycles. The zero-order valence-electron chi connectivity index (χ0n) is 17.8. The van der Waals surface area contributed by atoms with E-state index in [4.69, 9.17) is 0 Å². The fraction of sp³-hybridized carbons (Fsp3) is 0.391. The molecule has 0 radical (unpaired) electrons. The number of aromatic nitrogens is 4. The minimum atomic E-state index is -0.236. The van der Waals surface area contributed by atoms with Crippen LogP contribution < -0.4 is 10.2 Å². The van der Waals surface area contributed by atoms with Crippen molar-refractivity contribution < 1.29 is 4.79 Å². The monoisotopic (exact) mass is 404 g/mol. The van der Waals surface area contributed by atoms with E-state index in [0.717, 1.165) is 36.1 Å². The van der Waals surface area contributed by atoms with Gasteiger partial charge in [-0.25, -0.2) is 9.67 Å². The molecule has 1 fully saturated rings. The number of carbonyl (C=O) groups is 1. The Morgan fingerprint density at radius 3 is 2.50 bits per heavy atom. The molecule has 1 N–H and O–H groups in total. The van der Waals surface area contributed by atoms with E-state index in [1.54, 1.807) is 4.68 Å². The third kappa shape index (κ3) is 4.35. The highest BCUT2D eigenvalue weighted by Crippen LogP contribution is 2.21. The van der Waals surface area contributed by atoms with Crippen molar-refractivity contribution in [3.05, 3.63) is 65.1 Å². The number of hydrogen-bond donors (Lipinski definition) is 1. The molecule has 7 nitrogen and oxygen atoms in total. The molecule has 1 aromatic carbocycles. The Balaban J connectivity index is 1.37.